The number of aromatic nitrogens is 3. The second-order valence-corrected chi connectivity index (χ2v) is 6.98. The highest BCUT2D eigenvalue weighted by atomic mass is 32.1. The van der Waals surface area contributed by atoms with Crippen molar-refractivity contribution < 1.29 is 9.53 Å². The topological polar surface area (TPSA) is 77.0 Å². The number of Topliss-reactive ketones (excluding diaryl/α,β-unsaturated/α-hetero) is 1. The van der Waals surface area contributed by atoms with Gasteiger partial charge in [0.05, 0.1) is 18.0 Å². The molecule has 150 valence electrons. The van der Waals surface area contributed by atoms with Crippen molar-refractivity contribution in [2.45, 2.75) is 26.2 Å². The van der Waals surface area contributed by atoms with Gasteiger partial charge >= 0.3 is 0 Å². The van der Waals surface area contributed by atoms with E-state index >= 15 is 0 Å². The second-order valence-electron chi connectivity index (χ2n) is 6.98. The number of carbonyl (C=O) groups is 1. The Morgan fingerprint density at radius 1 is 1.17 bits per heavy atom. The van der Waals surface area contributed by atoms with Crippen molar-refractivity contribution in [3.8, 4) is 17.0 Å². The SMILES string of the molecule is CC(=O)c1ccc(-c2cc(NC[C@@H](C)c3ccnc4c3OCC4)ncn2)cc1.S. The summed E-state index contributed by atoms with van der Waals surface area (Å²) in [7, 11) is 0. The minimum absolute atomic E-state index is 0. The number of ether oxygens (including phenoxy) is 1. The zero-order valence-electron chi connectivity index (χ0n) is 16.5. The molecule has 29 heavy (non-hydrogen) atoms. The van der Waals surface area contributed by atoms with Crippen LogP contribution in [0.15, 0.2) is 48.9 Å². The molecule has 6 nitrogen and oxygen atoms in total. The first kappa shape index (κ1) is 20.8. The van der Waals surface area contributed by atoms with Crippen molar-refractivity contribution >= 4 is 25.1 Å². The van der Waals surface area contributed by atoms with Gasteiger partial charge in [-0.05, 0) is 13.0 Å². The lowest BCUT2D eigenvalue weighted by molar-refractivity contribution is 0.101. The molecule has 1 aromatic carbocycles. The molecule has 0 amide bonds. The highest BCUT2D eigenvalue weighted by Gasteiger charge is 2.20. The summed E-state index contributed by atoms with van der Waals surface area (Å²) < 4.78 is 5.77. The standard InChI is InChI=1S/C22H22N4O2.H2S/c1-14(18-7-9-23-19-8-10-28-22(18)19)12-24-21-11-20(25-13-26-21)17-5-3-16(4-6-17)15(2)27;/h3-7,9,11,13-14H,8,10,12H2,1-2H3,(H,24,25,26);1H2/t14-;/m1./s1. The molecule has 0 fully saturated rings. The monoisotopic (exact) mass is 408 g/mol. The van der Waals surface area contributed by atoms with Crippen molar-refractivity contribution in [1.29, 1.82) is 0 Å². The van der Waals surface area contributed by atoms with Crippen LogP contribution in [0.3, 0.4) is 0 Å². The van der Waals surface area contributed by atoms with E-state index in [-0.39, 0.29) is 25.2 Å². The molecule has 0 saturated heterocycles. The van der Waals surface area contributed by atoms with Crippen LogP contribution >= 0.6 is 13.5 Å². The van der Waals surface area contributed by atoms with Gasteiger partial charge in [0.1, 0.15) is 17.9 Å². The van der Waals surface area contributed by atoms with Crippen LogP contribution in [0.1, 0.15) is 41.4 Å². The smallest absolute Gasteiger partial charge is 0.159 e. The normalized spacial score (nSPS) is 13.0. The summed E-state index contributed by atoms with van der Waals surface area (Å²) in [5.41, 5.74) is 4.67. The largest absolute Gasteiger partial charge is 0.491 e. The van der Waals surface area contributed by atoms with Gasteiger partial charge in [-0.1, -0.05) is 31.2 Å². The van der Waals surface area contributed by atoms with Crippen LogP contribution in [-0.2, 0) is 6.42 Å². The van der Waals surface area contributed by atoms with E-state index in [1.807, 2.05) is 42.6 Å². The number of ketones is 1. The number of nitrogens with zero attached hydrogens (tertiary/aromatic N) is 3. The van der Waals surface area contributed by atoms with E-state index in [4.69, 9.17) is 4.74 Å². The molecular weight excluding hydrogens is 384 g/mol. The summed E-state index contributed by atoms with van der Waals surface area (Å²) in [6.07, 6.45) is 4.28. The summed E-state index contributed by atoms with van der Waals surface area (Å²) in [4.78, 5) is 24.5. The molecule has 0 bridgehead atoms. The first-order valence-electron chi connectivity index (χ1n) is 9.39. The highest BCUT2D eigenvalue weighted by Crippen LogP contribution is 2.33. The van der Waals surface area contributed by atoms with Gasteiger partial charge in [0.15, 0.2) is 5.78 Å². The number of carbonyl (C=O) groups excluding carboxylic acids is 1. The van der Waals surface area contributed by atoms with Crippen LogP contribution in [0, 0.1) is 0 Å². The number of anilines is 1. The van der Waals surface area contributed by atoms with E-state index in [1.165, 1.54) is 5.56 Å². The fourth-order valence-electron chi connectivity index (χ4n) is 3.35. The minimum atomic E-state index is 0. The Bertz CT molecular complexity index is 1010. The van der Waals surface area contributed by atoms with Crippen LogP contribution in [-0.4, -0.2) is 33.9 Å². The van der Waals surface area contributed by atoms with Gasteiger partial charge in [-0.3, -0.25) is 9.78 Å². The van der Waals surface area contributed by atoms with E-state index in [9.17, 15) is 4.79 Å². The molecule has 7 heteroatoms. The zero-order chi connectivity index (χ0) is 19.5. The molecule has 2 aromatic heterocycles. The molecule has 1 atom stereocenters. The fourth-order valence-corrected chi connectivity index (χ4v) is 3.35. The molecule has 3 heterocycles. The molecule has 0 spiro atoms. The molecule has 0 radical (unpaired) electrons. The lowest BCUT2D eigenvalue weighted by Gasteiger charge is -2.16. The molecule has 1 N–H and O–H groups in total. The van der Waals surface area contributed by atoms with Gasteiger partial charge in [-0.15, -0.1) is 0 Å². The molecule has 3 aromatic rings. The predicted molar refractivity (Wildman–Crippen MR) is 118 cm³/mol. The van der Waals surface area contributed by atoms with E-state index < -0.39 is 0 Å². The Kier molecular flexibility index (Phi) is 6.49. The van der Waals surface area contributed by atoms with Crippen LogP contribution in [0.2, 0.25) is 0 Å². The summed E-state index contributed by atoms with van der Waals surface area (Å²) in [6, 6.07) is 11.4. The van der Waals surface area contributed by atoms with Crippen LogP contribution < -0.4 is 10.1 Å². The first-order valence-corrected chi connectivity index (χ1v) is 9.39. The Balaban J connectivity index is 0.00000240. The van der Waals surface area contributed by atoms with Gasteiger partial charge in [0, 0.05) is 47.8 Å². The van der Waals surface area contributed by atoms with E-state index in [1.54, 1.807) is 13.3 Å². The number of hydrogen-bond acceptors (Lipinski definition) is 6. The third-order valence-electron chi connectivity index (χ3n) is 4.97. The maximum atomic E-state index is 11.4. The lowest BCUT2D eigenvalue weighted by Crippen LogP contribution is -2.12. The Morgan fingerprint density at radius 3 is 2.72 bits per heavy atom. The highest BCUT2D eigenvalue weighted by molar-refractivity contribution is 7.59. The quantitative estimate of drug-likeness (QED) is 0.621. The first-order chi connectivity index (χ1) is 13.6. The van der Waals surface area contributed by atoms with Gasteiger partial charge in [0.25, 0.3) is 0 Å². The number of hydrogen-bond donors (Lipinski definition) is 1. The van der Waals surface area contributed by atoms with Crippen molar-refractivity contribution in [3.63, 3.8) is 0 Å². The Hall–Kier alpha value is -2.93. The number of nitrogens with one attached hydrogen (secondary N) is 1. The van der Waals surface area contributed by atoms with Gasteiger partial charge in [-0.2, -0.15) is 13.5 Å². The minimum Gasteiger partial charge on any atom is -0.491 e. The Morgan fingerprint density at radius 2 is 1.97 bits per heavy atom. The van der Waals surface area contributed by atoms with Crippen LogP contribution in [0.4, 0.5) is 5.82 Å². The number of rotatable bonds is 6. The van der Waals surface area contributed by atoms with Crippen molar-refractivity contribution in [1.82, 2.24) is 15.0 Å². The van der Waals surface area contributed by atoms with E-state index in [2.05, 4.69) is 27.2 Å². The van der Waals surface area contributed by atoms with E-state index in [0.29, 0.717) is 12.2 Å². The fraction of sp³-hybridized carbons (Fsp3) is 0.273. The average Bonchev–Trinajstić information content (AvgIpc) is 3.21. The average molecular weight is 409 g/mol. The summed E-state index contributed by atoms with van der Waals surface area (Å²) >= 11 is 0. The Labute approximate surface area is 177 Å². The maximum Gasteiger partial charge on any atom is 0.159 e. The summed E-state index contributed by atoms with van der Waals surface area (Å²) in [5.74, 6) is 2.00. The molecular formula is C22H24N4O2S. The number of benzene rings is 1. The van der Waals surface area contributed by atoms with Crippen molar-refractivity contribution in [2.24, 2.45) is 0 Å². The van der Waals surface area contributed by atoms with Crippen molar-refractivity contribution in [2.75, 3.05) is 18.5 Å². The molecule has 4 rings (SSSR count). The van der Waals surface area contributed by atoms with Gasteiger partial charge < -0.3 is 10.1 Å². The molecule has 0 saturated carbocycles. The molecule has 0 aliphatic carbocycles. The molecule has 0 unspecified atom stereocenters. The van der Waals surface area contributed by atoms with Crippen LogP contribution in [0.25, 0.3) is 11.3 Å². The van der Waals surface area contributed by atoms with Crippen LogP contribution in [0.5, 0.6) is 5.75 Å². The summed E-state index contributed by atoms with van der Waals surface area (Å²) in [6.45, 7) is 5.15. The summed E-state index contributed by atoms with van der Waals surface area (Å²) in [5, 5.41) is 3.39. The third kappa shape index (κ3) is 4.56. The molecule has 1 aliphatic rings. The van der Waals surface area contributed by atoms with Crippen molar-refractivity contribution in [3.05, 3.63) is 65.7 Å². The molecule has 1 aliphatic heterocycles. The second kappa shape index (κ2) is 9.05. The van der Waals surface area contributed by atoms with Gasteiger partial charge in [0.2, 0.25) is 0 Å². The zero-order valence-corrected chi connectivity index (χ0v) is 17.5. The third-order valence-corrected chi connectivity index (χ3v) is 4.97. The number of fused-ring (bicyclic) bond motifs is 1. The maximum absolute atomic E-state index is 11.4. The van der Waals surface area contributed by atoms with Gasteiger partial charge in [-0.25, -0.2) is 9.97 Å². The lowest BCUT2D eigenvalue weighted by atomic mass is 10.00. The van der Waals surface area contributed by atoms with E-state index in [0.717, 1.165) is 41.5 Å². The predicted octanol–water partition coefficient (Wildman–Crippen LogP) is 4.00. The number of pyridine rings is 1.